The maximum Gasteiger partial charge on any atom is 0.342 e. The van der Waals surface area contributed by atoms with Crippen LogP contribution in [0.3, 0.4) is 0 Å². The van der Waals surface area contributed by atoms with Gasteiger partial charge in [-0.15, -0.1) is 0 Å². The van der Waals surface area contributed by atoms with Gasteiger partial charge in [0.2, 0.25) is 0 Å². The van der Waals surface area contributed by atoms with E-state index in [1.807, 2.05) is 6.92 Å². The van der Waals surface area contributed by atoms with Gasteiger partial charge in [0, 0.05) is 26.1 Å². The molecule has 1 aliphatic heterocycles. The minimum atomic E-state index is -0.360. The summed E-state index contributed by atoms with van der Waals surface area (Å²) in [5, 5.41) is 14.4. The Morgan fingerprint density at radius 3 is 3.00 bits per heavy atom. The molecule has 1 atom stereocenters. The fraction of sp³-hybridized carbons (Fsp3) is 0.769. The van der Waals surface area contributed by atoms with E-state index in [0.29, 0.717) is 18.4 Å². The molecule has 0 amide bonds. The Morgan fingerprint density at radius 2 is 2.40 bits per heavy atom. The highest BCUT2D eigenvalue weighted by atomic mass is 16.6. The first-order valence-corrected chi connectivity index (χ1v) is 7.24. The monoisotopic (exact) mass is 281 g/mol. The smallest absolute Gasteiger partial charge is 0.342 e. The summed E-state index contributed by atoms with van der Waals surface area (Å²) in [6.07, 6.45) is 3.60. The number of hydrogen-bond donors (Lipinski definition) is 1. The van der Waals surface area contributed by atoms with Gasteiger partial charge in [-0.25, -0.2) is 9.55 Å². The van der Waals surface area contributed by atoms with Gasteiger partial charge >= 0.3 is 5.82 Å². The molecule has 1 aromatic heterocycles. The van der Waals surface area contributed by atoms with E-state index in [9.17, 15) is 10.1 Å². The van der Waals surface area contributed by atoms with Crippen molar-refractivity contribution in [2.75, 3.05) is 26.2 Å². The number of nitrogens with one attached hydrogen (secondary N) is 1. The predicted molar refractivity (Wildman–Crippen MR) is 76.8 cm³/mol. The number of hydrogen-bond acceptors (Lipinski definition) is 5. The standard InChI is InChI=1S/C13H23N5O2/c1-3-6-16(12-4-5-14-9-12)7-8-17-11(2)15-10-13(17)18(19)20/h10,12,14H,3-9H2,1-2H3. The second-order valence-corrected chi connectivity index (χ2v) is 5.25. The summed E-state index contributed by atoms with van der Waals surface area (Å²) in [7, 11) is 0. The molecule has 1 fully saturated rings. The Balaban J connectivity index is 2.01. The van der Waals surface area contributed by atoms with Gasteiger partial charge in [-0.2, -0.15) is 0 Å². The van der Waals surface area contributed by atoms with Gasteiger partial charge in [-0.3, -0.25) is 4.90 Å². The first-order valence-electron chi connectivity index (χ1n) is 7.24. The zero-order chi connectivity index (χ0) is 14.5. The van der Waals surface area contributed by atoms with Crippen LogP contribution in [0.2, 0.25) is 0 Å². The van der Waals surface area contributed by atoms with E-state index in [0.717, 1.165) is 39.0 Å². The van der Waals surface area contributed by atoms with Crippen LogP contribution in [0.15, 0.2) is 6.20 Å². The molecule has 0 spiro atoms. The normalized spacial score (nSPS) is 18.9. The number of rotatable bonds is 7. The predicted octanol–water partition coefficient (Wildman–Crippen LogP) is 1.17. The second kappa shape index (κ2) is 6.81. The maximum absolute atomic E-state index is 11.0. The fourth-order valence-electron chi connectivity index (χ4n) is 2.82. The van der Waals surface area contributed by atoms with Crippen molar-refractivity contribution in [3.05, 3.63) is 22.1 Å². The topological polar surface area (TPSA) is 76.2 Å². The minimum absolute atomic E-state index is 0.0866. The average Bonchev–Trinajstić information content (AvgIpc) is 3.04. The first-order chi connectivity index (χ1) is 9.63. The molecule has 0 aromatic carbocycles. The molecule has 1 aromatic rings. The summed E-state index contributed by atoms with van der Waals surface area (Å²) in [5.41, 5.74) is 0. The molecular weight excluding hydrogens is 258 g/mol. The number of imidazole rings is 1. The van der Waals surface area contributed by atoms with Crippen molar-refractivity contribution in [2.45, 2.75) is 39.3 Å². The van der Waals surface area contributed by atoms with Gasteiger partial charge in [0.15, 0.2) is 5.82 Å². The second-order valence-electron chi connectivity index (χ2n) is 5.25. The van der Waals surface area contributed by atoms with Gasteiger partial charge < -0.3 is 15.4 Å². The summed E-state index contributed by atoms with van der Waals surface area (Å²) < 4.78 is 1.70. The Morgan fingerprint density at radius 1 is 1.60 bits per heavy atom. The summed E-state index contributed by atoms with van der Waals surface area (Å²) >= 11 is 0. The molecule has 1 aliphatic rings. The van der Waals surface area contributed by atoms with Crippen LogP contribution in [0.25, 0.3) is 0 Å². The summed E-state index contributed by atoms with van der Waals surface area (Å²) in [5.74, 6) is 0.793. The molecular formula is C13H23N5O2. The van der Waals surface area contributed by atoms with Gasteiger partial charge in [0.25, 0.3) is 0 Å². The Kier molecular flexibility index (Phi) is 5.08. The van der Waals surface area contributed by atoms with Crippen molar-refractivity contribution in [1.82, 2.24) is 19.8 Å². The zero-order valence-electron chi connectivity index (χ0n) is 12.2. The van der Waals surface area contributed by atoms with Gasteiger partial charge in [-0.1, -0.05) is 6.92 Å². The Hall–Kier alpha value is -1.47. The molecule has 7 heteroatoms. The van der Waals surface area contributed by atoms with Crippen LogP contribution in [0, 0.1) is 17.0 Å². The lowest BCUT2D eigenvalue weighted by Gasteiger charge is -2.27. The van der Waals surface area contributed by atoms with Gasteiger partial charge in [0.05, 0.1) is 0 Å². The van der Waals surface area contributed by atoms with Crippen LogP contribution in [0.1, 0.15) is 25.6 Å². The number of aromatic nitrogens is 2. The van der Waals surface area contributed by atoms with Crippen molar-refractivity contribution in [2.24, 2.45) is 0 Å². The van der Waals surface area contributed by atoms with Gasteiger partial charge in [0.1, 0.15) is 12.7 Å². The molecule has 20 heavy (non-hydrogen) atoms. The molecule has 2 rings (SSSR count). The number of nitrogens with zero attached hydrogens (tertiary/aromatic N) is 4. The van der Waals surface area contributed by atoms with E-state index in [1.54, 1.807) is 4.57 Å². The highest BCUT2D eigenvalue weighted by molar-refractivity contribution is 5.18. The molecule has 0 bridgehead atoms. The molecule has 0 aliphatic carbocycles. The lowest BCUT2D eigenvalue weighted by atomic mass is 10.2. The molecule has 0 radical (unpaired) electrons. The third kappa shape index (κ3) is 3.34. The largest absolute Gasteiger partial charge is 0.358 e. The van der Waals surface area contributed by atoms with Crippen LogP contribution < -0.4 is 5.32 Å². The van der Waals surface area contributed by atoms with Crippen LogP contribution in [-0.4, -0.2) is 51.6 Å². The molecule has 112 valence electrons. The van der Waals surface area contributed by atoms with E-state index in [-0.39, 0.29) is 10.7 Å². The minimum Gasteiger partial charge on any atom is -0.358 e. The quantitative estimate of drug-likeness (QED) is 0.600. The van der Waals surface area contributed by atoms with Gasteiger partial charge in [-0.05, 0) is 30.9 Å². The maximum atomic E-state index is 11.0. The highest BCUT2D eigenvalue weighted by Crippen LogP contribution is 2.15. The van der Waals surface area contributed by atoms with E-state index < -0.39 is 0 Å². The molecule has 0 saturated carbocycles. The van der Waals surface area contributed by atoms with Crippen molar-refractivity contribution in [3.63, 3.8) is 0 Å². The lowest BCUT2D eigenvalue weighted by molar-refractivity contribution is -0.392. The van der Waals surface area contributed by atoms with E-state index in [4.69, 9.17) is 0 Å². The lowest BCUT2D eigenvalue weighted by Crippen LogP contribution is -2.39. The average molecular weight is 281 g/mol. The first kappa shape index (κ1) is 14.9. The highest BCUT2D eigenvalue weighted by Gasteiger charge is 2.24. The van der Waals surface area contributed by atoms with Crippen molar-refractivity contribution in [1.29, 1.82) is 0 Å². The molecule has 1 N–H and O–H groups in total. The van der Waals surface area contributed by atoms with Crippen molar-refractivity contribution < 1.29 is 4.92 Å². The van der Waals surface area contributed by atoms with Crippen LogP contribution >= 0.6 is 0 Å². The molecule has 7 nitrogen and oxygen atoms in total. The summed E-state index contributed by atoms with van der Waals surface area (Å²) in [4.78, 5) is 17.1. The van der Waals surface area contributed by atoms with Crippen LogP contribution in [0.4, 0.5) is 5.82 Å². The molecule has 1 unspecified atom stereocenters. The van der Waals surface area contributed by atoms with E-state index in [1.165, 1.54) is 6.20 Å². The SMILES string of the molecule is CCCN(CCn1c([N+](=O)[O-])cnc1C)C1CCNC1. The van der Waals surface area contributed by atoms with Crippen molar-refractivity contribution in [3.8, 4) is 0 Å². The van der Waals surface area contributed by atoms with E-state index >= 15 is 0 Å². The fourth-order valence-corrected chi connectivity index (χ4v) is 2.82. The number of aryl methyl sites for hydroxylation is 1. The Bertz CT molecular complexity index is 454. The summed E-state index contributed by atoms with van der Waals surface area (Å²) in [6, 6.07) is 0.554. The Labute approximate surface area is 119 Å². The third-order valence-corrected chi connectivity index (χ3v) is 3.89. The summed E-state index contributed by atoms with van der Waals surface area (Å²) in [6.45, 7) is 8.56. The molecule has 2 heterocycles. The van der Waals surface area contributed by atoms with Crippen LogP contribution in [-0.2, 0) is 6.54 Å². The zero-order valence-corrected chi connectivity index (χ0v) is 12.2. The van der Waals surface area contributed by atoms with Crippen LogP contribution in [0.5, 0.6) is 0 Å². The number of nitro groups is 1. The molecule has 1 saturated heterocycles. The third-order valence-electron chi connectivity index (χ3n) is 3.89. The van der Waals surface area contributed by atoms with E-state index in [2.05, 4.69) is 22.1 Å². The van der Waals surface area contributed by atoms with Crippen molar-refractivity contribution >= 4 is 5.82 Å².